The fraction of sp³-hybridized carbons (Fsp3) is 0.364. The summed E-state index contributed by atoms with van der Waals surface area (Å²) in [7, 11) is 0. The Bertz CT molecular complexity index is 815. The molecule has 0 aliphatic carbocycles. The molecule has 0 saturated carbocycles. The first-order valence-corrected chi connectivity index (χ1v) is 9.61. The summed E-state index contributed by atoms with van der Waals surface area (Å²) in [6, 6.07) is 13.7. The lowest BCUT2D eigenvalue weighted by Crippen LogP contribution is -2.48. The van der Waals surface area contributed by atoms with Crippen molar-refractivity contribution in [2.24, 2.45) is 0 Å². The van der Waals surface area contributed by atoms with Crippen LogP contribution in [0.1, 0.15) is 27.9 Å². The molecule has 0 aromatic heterocycles. The lowest BCUT2D eigenvalue weighted by molar-refractivity contribution is -0.132. The van der Waals surface area contributed by atoms with Gasteiger partial charge in [0.05, 0.1) is 0 Å². The van der Waals surface area contributed by atoms with E-state index >= 15 is 0 Å². The van der Waals surface area contributed by atoms with Crippen LogP contribution in [0.3, 0.4) is 0 Å². The van der Waals surface area contributed by atoms with Gasteiger partial charge in [-0.1, -0.05) is 24.3 Å². The quantitative estimate of drug-likeness (QED) is 0.834. The SMILES string of the molecule is Cc1ccccc1CN1CCN(C(=O)CCNC(=O)c2ccc(F)cc2)CC1. The van der Waals surface area contributed by atoms with E-state index in [1.54, 1.807) is 0 Å². The van der Waals surface area contributed by atoms with Crippen molar-refractivity contribution < 1.29 is 14.0 Å². The molecule has 1 fully saturated rings. The van der Waals surface area contributed by atoms with Crippen molar-refractivity contribution in [3.63, 3.8) is 0 Å². The maximum absolute atomic E-state index is 12.9. The van der Waals surface area contributed by atoms with Gasteiger partial charge in [0.1, 0.15) is 5.82 Å². The van der Waals surface area contributed by atoms with Gasteiger partial charge in [0, 0.05) is 51.3 Å². The lowest BCUT2D eigenvalue weighted by atomic mass is 10.1. The average molecular weight is 383 g/mol. The third-order valence-corrected chi connectivity index (χ3v) is 5.11. The largest absolute Gasteiger partial charge is 0.352 e. The third kappa shape index (κ3) is 5.39. The molecule has 1 N–H and O–H groups in total. The van der Waals surface area contributed by atoms with Gasteiger partial charge in [-0.25, -0.2) is 4.39 Å². The molecule has 1 aliphatic heterocycles. The Morgan fingerprint density at radius 1 is 1.00 bits per heavy atom. The van der Waals surface area contributed by atoms with Gasteiger partial charge in [-0.05, 0) is 42.3 Å². The molecule has 28 heavy (non-hydrogen) atoms. The van der Waals surface area contributed by atoms with Crippen molar-refractivity contribution in [3.8, 4) is 0 Å². The molecule has 3 rings (SSSR count). The maximum atomic E-state index is 12.9. The highest BCUT2D eigenvalue weighted by atomic mass is 19.1. The van der Waals surface area contributed by atoms with E-state index in [1.165, 1.54) is 35.4 Å². The first-order chi connectivity index (χ1) is 13.5. The average Bonchev–Trinajstić information content (AvgIpc) is 2.70. The topological polar surface area (TPSA) is 52.6 Å². The standard InChI is InChI=1S/C22H26FN3O2/c1-17-4-2-3-5-19(17)16-25-12-14-26(15-13-25)21(27)10-11-24-22(28)18-6-8-20(23)9-7-18/h2-9H,10-16H2,1H3,(H,24,28). The predicted octanol–water partition coefficient (Wildman–Crippen LogP) is 2.60. The van der Waals surface area contributed by atoms with Crippen LogP contribution in [0.4, 0.5) is 4.39 Å². The number of hydrogen-bond acceptors (Lipinski definition) is 3. The fourth-order valence-electron chi connectivity index (χ4n) is 3.33. The number of amides is 2. The van der Waals surface area contributed by atoms with Gasteiger partial charge in [0.15, 0.2) is 0 Å². The molecule has 0 spiro atoms. The molecular formula is C22H26FN3O2. The second kappa shape index (κ2) is 9.46. The van der Waals surface area contributed by atoms with Gasteiger partial charge in [-0.2, -0.15) is 0 Å². The van der Waals surface area contributed by atoms with E-state index < -0.39 is 0 Å². The number of piperazine rings is 1. The molecule has 1 heterocycles. The highest BCUT2D eigenvalue weighted by molar-refractivity contribution is 5.94. The number of carbonyl (C=O) groups is 2. The van der Waals surface area contributed by atoms with Gasteiger partial charge in [-0.15, -0.1) is 0 Å². The van der Waals surface area contributed by atoms with E-state index in [4.69, 9.17) is 0 Å². The number of aryl methyl sites for hydroxylation is 1. The van der Waals surface area contributed by atoms with Crippen LogP contribution in [-0.4, -0.2) is 54.3 Å². The van der Waals surface area contributed by atoms with Gasteiger partial charge in [0.25, 0.3) is 5.91 Å². The molecule has 1 aliphatic rings. The number of carbonyl (C=O) groups excluding carboxylic acids is 2. The van der Waals surface area contributed by atoms with E-state index in [0.717, 1.165) is 19.6 Å². The highest BCUT2D eigenvalue weighted by Gasteiger charge is 2.21. The molecule has 0 unspecified atom stereocenters. The second-order valence-electron chi connectivity index (χ2n) is 7.10. The van der Waals surface area contributed by atoms with Crippen LogP contribution < -0.4 is 5.32 Å². The Kier molecular flexibility index (Phi) is 6.76. The number of benzene rings is 2. The molecule has 0 bridgehead atoms. The fourth-order valence-corrected chi connectivity index (χ4v) is 3.33. The van der Waals surface area contributed by atoms with Crippen LogP contribution in [0.5, 0.6) is 0 Å². The zero-order chi connectivity index (χ0) is 19.9. The van der Waals surface area contributed by atoms with Crippen LogP contribution in [0.15, 0.2) is 48.5 Å². The molecule has 2 amide bonds. The summed E-state index contributed by atoms with van der Waals surface area (Å²) in [5, 5.41) is 2.72. The van der Waals surface area contributed by atoms with Gasteiger partial charge >= 0.3 is 0 Å². The van der Waals surface area contributed by atoms with Crippen molar-refractivity contribution in [1.82, 2.24) is 15.1 Å². The minimum absolute atomic E-state index is 0.0509. The van der Waals surface area contributed by atoms with E-state index in [2.05, 4.69) is 35.3 Å². The Morgan fingerprint density at radius 2 is 1.68 bits per heavy atom. The monoisotopic (exact) mass is 383 g/mol. The summed E-state index contributed by atoms with van der Waals surface area (Å²) in [4.78, 5) is 28.6. The Morgan fingerprint density at radius 3 is 2.36 bits per heavy atom. The predicted molar refractivity (Wildman–Crippen MR) is 106 cm³/mol. The van der Waals surface area contributed by atoms with Crippen LogP contribution in [-0.2, 0) is 11.3 Å². The summed E-state index contributed by atoms with van der Waals surface area (Å²) < 4.78 is 12.9. The van der Waals surface area contributed by atoms with E-state index in [9.17, 15) is 14.0 Å². The number of nitrogens with one attached hydrogen (secondary N) is 1. The highest BCUT2D eigenvalue weighted by Crippen LogP contribution is 2.13. The van der Waals surface area contributed by atoms with Crippen molar-refractivity contribution in [2.45, 2.75) is 19.9 Å². The molecule has 148 valence electrons. The number of halogens is 1. The minimum Gasteiger partial charge on any atom is -0.352 e. The van der Waals surface area contributed by atoms with Crippen molar-refractivity contribution in [1.29, 1.82) is 0 Å². The van der Waals surface area contributed by atoms with Crippen molar-refractivity contribution >= 4 is 11.8 Å². The maximum Gasteiger partial charge on any atom is 0.251 e. The summed E-state index contributed by atoms with van der Waals surface area (Å²) in [6.07, 6.45) is 0.269. The van der Waals surface area contributed by atoms with Crippen LogP contribution in [0.2, 0.25) is 0 Å². The van der Waals surface area contributed by atoms with Gasteiger partial charge in [0.2, 0.25) is 5.91 Å². The summed E-state index contributed by atoms with van der Waals surface area (Å²) >= 11 is 0. The van der Waals surface area contributed by atoms with Crippen LogP contribution in [0.25, 0.3) is 0 Å². The zero-order valence-electron chi connectivity index (χ0n) is 16.2. The summed E-state index contributed by atoms with van der Waals surface area (Å²) in [5.41, 5.74) is 3.00. The normalized spacial score (nSPS) is 14.7. The molecule has 2 aromatic rings. The van der Waals surface area contributed by atoms with E-state index in [1.807, 2.05) is 11.0 Å². The number of nitrogens with zero attached hydrogens (tertiary/aromatic N) is 2. The van der Waals surface area contributed by atoms with Gasteiger partial charge < -0.3 is 10.2 Å². The van der Waals surface area contributed by atoms with Crippen LogP contribution >= 0.6 is 0 Å². The Balaban J connectivity index is 1.38. The Labute approximate surface area is 165 Å². The molecular weight excluding hydrogens is 357 g/mol. The molecule has 2 aromatic carbocycles. The smallest absolute Gasteiger partial charge is 0.251 e. The first kappa shape index (κ1) is 20.0. The second-order valence-corrected chi connectivity index (χ2v) is 7.10. The van der Waals surface area contributed by atoms with E-state index in [0.29, 0.717) is 18.7 Å². The lowest BCUT2D eigenvalue weighted by Gasteiger charge is -2.35. The molecule has 1 saturated heterocycles. The molecule has 6 heteroatoms. The number of rotatable bonds is 6. The number of hydrogen-bond donors (Lipinski definition) is 1. The van der Waals surface area contributed by atoms with E-state index in [-0.39, 0.29) is 30.6 Å². The van der Waals surface area contributed by atoms with Crippen molar-refractivity contribution in [3.05, 3.63) is 71.0 Å². The van der Waals surface area contributed by atoms with Gasteiger partial charge in [-0.3, -0.25) is 14.5 Å². The molecule has 0 atom stereocenters. The Hall–Kier alpha value is -2.73. The molecule has 5 nitrogen and oxygen atoms in total. The zero-order valence-corrected chi connectivity index (χ0v) is 16.2. The minimum atomic E-state index is -0.381. The first-order valence-electron chi connectivity index (χ1n) is 9.61. The van der Waals surface area contributed by atoms with Crippen LogP contribution in [0, 0.1) is 12.7 Å². The summed E-state index contributed by atoms with van der Waals surface area (Å²) in [6.45, 7) is 6.41. The summed E-state index contributed by atoms with van der Waals surface area (Å²) in [5.74, 6) is -0.626. The van der Waals surface area contributed by atoms with Crippen molar-refractivity contribution in [2.75, 3.05) is 32.7 Å². The molecule has 0 radical (unpaired) electrons. The third-order valence-electron chi connectivity index (χ3n) is 5.11.